The van der Waals surface area contributed by atoms with Gasteiger partial charge in [0.05, 0.1) is 35.0 Å². The summed E-state index contributed by atoms with van der Waals surface area (Å²) in [6, 6.07) is 5.91. The average molecular weight is 628 g/mol. The van der Waals surface area contributed by atoms with Gasteiger partial charge in [-0.3, -0.25) is 9.78 Å². The van der Waals surface area contributed by atoms with Gasteiger partial charge < -0.3 is 14.6 Å². The number of nitrogens with zero attached hydrogens (tertiary/aromatic N) is 7. The number of Topliss-reactive ketones (excluding diaryl/α,β-unsaturated/α-hetero) is 1. The second-order valence-electron chi connectivity index (χ2n) is 10.3. The molecule has 0 amide bonds. The van der Waals surface area contributed by atoms with Crippen molar-refractivity contribution in [3.8, 4) is 0 Å². The maximum Gasteiger partial charge on any atom is 0.433 e. The van der Waals surface area contributed by atoms with Crippen LogP contribution in [0.5, 0.6) is 0 Å². The Morgan fingerprint density at radius 2 is 1.42 bits per heavy atom. The molecule has 0 radical (unpaired) electrons. The molecule has 0 bridgehead atoms. The molecule has 0 fully saturated rings. The molecule has 0 unspecified atom stereocenters. The number of fused-ring (bicyclic) bond motifs is 2. The van der Waals surface area contributed by atoms with E-state index < -0.39 is 17.8 Å². The van der Waals surface area contributed by atoms with Gasteiger partial charge in [0.15, 0.2) is 11.3 Å². The van der Waals surface area contributed by atoms with Gasteiger partial charge in [-0.1, -0.05) is 0 Å². The van der Waals surface area contributed by atoms with Crippen LogP contribution in [-0.4, -0.2) is 65.3 Å². The van der Waals surface area contributed by atoms with Crippen LogP contribution < -0.4 is 0 Å². The first kappa shape index (κ1) is 33.1. The van der Waals surface area contributed by atoms with Crippen molar-refractivity contribution < 1.29 is 37.3 Å². The van der Waals surface area contributed by atoms with E-state index in [-0.39, 0.29) is 42.0 Å². The molecule has 238 valence electrons. The van der Waals surface area contributed by atoms with Crippen LogP contribution in [0, 0.1) is 13.8 Å². The van der Waals surface area contributed by atoms with Crippen LogP contribution in [0.2, 0.25) is 0 Å². The van der Waals surface area contributed by atoms with Crippen molar-refractivity contribution in [2.75, 3.05) is 14.2 Å². The molecule has 5 rings (SSSR count). The molecule has 5 heterocycles. The Hall–Kier alpha value is -4.76. The third-order valence-electron chi connectivity index (χ3n) is 6.98. The van der Waals surface area contributed by atoms with Crippen LogP contribution in [0.3, 0.4) is 0 Å². The van der Waals surface area contributed by atoms with E-state index in [0.29, 0.717) is 28.2 Å². The van der Waals surface area contributed by atoms with Crippen molar-refractivity contribution in [3.63, 3.8) is 0 Å². The smallest absolute Gasteiger partial charge is 0.433 e. The van der Waals surface area contributed by atoms with Gasteiger partial charge in [-0.15, -0.1) is 0 Å². The highest BCUT2D eigenvalue weighted by atomic mass is 19.4. The molecular weight excluding hydrogens is 595 g/mol. The van der Waals surface area contributed by atoms with Crippen molar-refractivity contribution in [1.82, 2.24) is 34.2 Å². The Balaban J connectivity index is 0.000000231. The summed E-state index contributed by atoms with van der Waals surface area (Å²) in [5.41, 5.74) is 3.98. The first-order valence-electron chi connectivity index (χ1n) is 13.8. The summed E-state index contributed by atoms with van der Waals surface area (Å²) in [5, 5.41) is 17.8. The highest BCUT2D eigenvalue weighted by Crippen LogP contribution is 2.28. The normalized spacial score (nSPS) is 13.0. The topological polar surface area (TPSA) is 146 Å². The standard InChI is InChI=1S/C19H19F3N4O2.C11H13N3O3/c1-11-6-17-24-10-14(18(12(2)28-3)26(17)25-11)9-15(27)7-13-4-5-23-16(8-13)19(20,21)22;1-6-4-9-12-5-8(11(15)16)10(7(2)17-3)14(9)13-6/h4-6,8,10,12H,7,9H2,1-3H3;4-5,7H,1-3H3,(H,15,16)/t12-;7-/m00/s1. The predicted octanol–water partition coefficient (Wildman–Crippen LogP) is 4.96. The summed E-state index contributed by atoms with van der Waals surface area (Å²) in [6.45, 7) is 7.27. The lowest BCUT2D eigenvalue weighted by Crippen LogP contribution is -2.15. The van der Waals surface area contributed by atoms with E-state index in [9.17, 15) is 22.8 Å². The number of carbonyl (C=O) groups is 2. The van der Waals surface area contributed by atoms with Crippen LogP contribution in [0.4, 0.5) is 13.2 Å². The van der Waals surface area contributed by atoms with Gasteiger partial charge in [-0.2, -0.15) is 23.4 Å². The molecule has 0 aliphatic rings. The number of aromatic nitrogens is 7. The second kappa shape index (κ2) is 13.5. The van der Waals surface area contributed by atoms with Gasteiger partial charge >= 0.3 is 12.1 Å². The van der Waals surface area contributed by atoms with E-state index in [1.54, 1.807) is 30.8 Å². The van der Waals surface area contributed by atoms with Gasteiger partial charge in [0.2, 0.25) is 0 Å². The van der Waals surface area contributed by atoms with E-state index in [4.69, 9.17) is 14.6 Å². The van der Waals surface area contributed by atoms with Crippen LogP contribution in [0.15, 0.2) is 42.9 Å². The third-order valence-corrected chi connectivity index (χ3v) is 6.98. The number of methoxy groups -OCH3 is 2. The number of aromatic carboxylic acids is 1. The lowest BCUT2D eigenvalue weighted by Gasteiger charge is -2.16. The molecular formula is C30H32F3N7O5. The van der Waals surface area contributed by atoms with E-state index in [2.05, 4.69) is 25.1 Å². The van der Waals surface area contributed by atoms with E-state index in [0.717, 1.165) is 23.7 Å². The van der Waals surface area contributed by atoms with E-state index >= 15 is 0 Å². The minimum Gasteiger partial charge on any atom is -0.478 e. The Labute approximate surface area is 255 Å². The molecule has 15 heteroatoms. The maximum absolute atomic E-state index is 12.8. The molecule has 5 aromatic heterocycles. The number of rotatable bonds is 9. The fourth-order valence-electron chi connectivity index (χ4n) is 4.76. The first-order chi connectivity index (χ1) is 21.2. The monoisotopic (exact) mass is 627 g/mol. The SMILES string of the molecule is CO[C@@H](C)c1c(C(=O)O)cnc2cc(C)nn12.CO[C@@H](C)c1c(CC(=O)Cc2ccnc(C(F)(F)F)c2)cnc2cc(C)nn12. The second-order valence-corrected chi connectivity index (χ2v) is 10.3. The summed E-state index contributed by atoms with van der Waals surface area (Å²) < 4.78 is 52.2. The van der Waals surface area contributed by atoms with Gasteiger partial charge in [-0.05, 0) is 45.4 Å². The number of halogens is 3. The van der Waals surface area contributed by atoms with Gasteiger partial charge in [0.1, 0.15) is 17.0 Å². The van der Waals surface area contributed by atoms with Gasteiger partial charge in [0, 0.05) is 63.3 Å². The summed E-state index contributed by atoms with van der Waals surface area (Å²) in [4.78, 5) is 35.4. The van der Waals surface area contributed by atoms with Crippen LogP contribution in [-0.2, 0) is 33.3 Å². The number of aryl methyl sites for hydroxylation is 2. The van der Waals surface area contributed by atoms with Crippen molar-refractivity contribution in [2.24, 2.45) is 0 Å². The number of carboxylic acids is 1. The van der Waals surface area contributed by atoms with Gasteiger partial charge in [0.25, 0.3) is 0 Å². The van der Waals surface area contributed by atoms with Crippen LogP contribution in [0.1, 0.15) is 76.0 Å². The molecule has 0 aliphatic heterocycles. The molecule has 0 aromatic carbocycles. The fourth-order valence-corrected chi connectivity index (χ4v) is 4.76. The zero-order valence-corrected chi connectivity index (χ0v) is 25.5. The maximum atomic E-state index is 12.8. The quantitative estimate of drug-likeness (QED) is 0.238. The highest BCUT2D eigenvalue weighted by Gasteiger charge is 2.32. The van der Waals surface area contributed by atoms with Crippen molar-refractivity contribution in [1.29, 1.82) is 0 Å². The zero-order chi connectivity index (χ0) is 33.1. The average Bonchev–Trinajstić information content (AvgIpc) is 3.56. The number of carboxylic acid groups (broad SMARTS) is 1. The number of alkyl halides is 3. The van der Waals surface area contributed by atoms with Crippen molar-refractivity contribution in [3.05, 3.63) is 88.0 Å². The van der Waals surface area contributed by atoms with Crippen LogP contribution in [0.25, 0.3) is 11.3 Å². The Morgan fingerprint density at radius 1 is 0.867 bits per heavy atom. The minimum absolute atomic E-state index is 0.00849. The highest BCUT2D eigenvalue weighted by molar-refractivity contribution is 5.89. The molecule has 0 spiro atoms. The molecule has 45 heavy (non-hydrogen) atoms. The van der Waals surface area contributed by atoms with Crippen molar-refractivity contribution in [2.45, 2.75) is 58.9 Å². The van der Waals surface area contributed by atoms with Crippen LogP contribution >= 0.6 is 0 Å². The lowest BCUT2D eigenvalue weighted by molar-refractivity contribution is -0.141. The summed E-state index contributed by atoms with van der Waals surface area (Å²) in [7, 11) is 3.08. The van der Waals surface area contributed by atoms with Gasteiger partial charge in [-0.25, -0.2) is 23.8 Å². The molecule has 12 nitrogen and oxygen atoms in total. The molecule has 0 saturated heterocycles. The molecule has 2 atom stereocenters. The summed E-state index contributed by atoms with van der Waals surface area (Å²) in [6.07, 6.45) is -1.40. The Morgan fingerprint density at radius 3 is 1.98 bits per heavy atom. The molecule has 0 aliphatic carbocycles. The number of hydrogen-bond donors (Lipinski definition) is 1. The number of pyridine rings is 1. The number of ketones is 1. The molecule has 5 aromatic rings. The Kier molecular flexibility index (Phi) is 9.93. The molecule has 1 N–H and O–H groups in total. The molecule has 0 saturated carbocycles. The number of ether oxygens (including phenoxy) is 2. The Bertz CT molecular complexity index is 1850. The minimum atomic E-state index is -4.55. The summed E-state index contributed by atoms with van der Waals surface area (Å²) in [5.74, 6) is -1.28. The van der Waals surface area contributed by atoms with E-state index in [1.165, 1.54) is 23.9 Å². The largest absolute Gasteiger partial charge is 0.478 e. The number of hydrogen-bond acceptors (Lipinski definition) is 9. The lowest BCUT2D eigenvalue weighted by atomic mass is 10.0. The first-order valence-corrected chi connectivity index (χ1v) is 13.8. The van der Waals surface area contributed by atoms with E-state index in [1.807, 2.05) is 26.8 Å². The number of carbonyl (C=O) groups excluding carboxylic acids is 1. The fraction of sp³-hybridized carbons (Fsp3) is 0.367. The predicted molar refractivity (Wildman–Crippen MR) is 155 cm³/mol. The van der Waals surface area contributed by atoms with Crippen molar-refractivity contribution >= 4 is 23.0 Å². The zero-order valence-electron chi connectivity index (χ0n) is 25.5. The third kappa shape index (κ3) is 7.49. The summed E-state index contributed by atoms with van der Waals surface area (Å²) >= 11 is 0.